The first-order valence-corrected chi connectivity index (χ1v) is 8.92. The van der Waals surface area contributed by atoms with E-state index in [1.165, 1.54) is 36.3 Å². The van der Waals surface area contributed by atoms with Gasteiger partial charge < -0.3 is 15.1 Å². The maximum atomic E-state index is 12.9. The molecule has 2 aromatic rings. The fraction of sp³-hybridized carbons (Fsp3) is 0.412. The molecule has 0 radical (unpaired) electrons. The molecule has 2 aromatic heterocycles. The third-order valence-corrected chi connectivity index (χ3v) is 5.58. The maximum absolute atomic E-state index is 12.9. The van der Waals surface area contributed by atoms with Crippen LogP contribution in [0.2, 0.25) is 0 Å². The van der Waals surface area contributed by atoms with Gasteiger partial charge in [-0.3, -0.25) is 4.79 Å². The van der Waals surface area contributed by atoms with Gasteiger partial charge in [-0.05, 0) is 44.1 Å². The summed E-state index contributed by atoms with van der Waals surface area (Å²) in [5.41, 5.74) is 7.47. The Morgan fingerprint density at radius 1 is 1.39 bits per heavy atom. The van der Waals surface area contributed by atoms with Gasteiger partial charge in [-0.25, -0.2) is 4.98 Å². The number of piperidine rings is 1. The summed E-state index contributed by atoms with van der Waals surface area (Å²) < 4.78 is 5.33. The number of allylic oxidation sites excluding steroid dienone is 2. The largest absolute Gasteiger partial charge is 0.423 e. The van der Waals surface area contributed by atoms with Gasteiger partial charge in [0.1, 0.15) is 0 Å². The van der Waals surface area contributed by atoms with Crippen LogP contribution in [0.1, 0.15) is 42.5 Å². The molecule has 4 rings (SSSR count). The van der Waals surface area contributed by atoms with Gasteiger partial charge in [-0.15, -0.1) is 11.3 Å². The SMILES string of the molecule is Nc1ncc(-c2cc(C(=O)N3CCCC4CCCC=C43)cs2)o1. The van der Waals surface area contributed by atoms with Crippen molar-refractivity contribution < 1.29 is 9.21 Å². The average molecular weight is 329 g/mol. The molecule has 120 valence electrons. The number of fused-ring (bicyclic) bond motifs is 1. The molecule has 23 heavy (non-hydrogen) atoms. The molecule has 5 nitrogen and oxygen atoms in total. The van der Waals surface area contributed by atoms with E-state index in [4.69, 9.17) is 10.2 Å². The summed E-state index contributed by atoms with van der Waals surface area (Å²) in [5.74, 6) is 1.27. The van der Waals surface area contributed by atoms with Crippen molar-refractivity contribution in [3.8, 4) is 10.6 Å². The molecular formula is C17H19N3O2S. The Hall–Kier alpha value is -2.08. The molecule has 3 heterocycles. The molecule has 2 aliphatic rings. The van der Waals surface area contributed by atoms with Gasteiger partial charge in [0, 0.05) is 17.6 Å². The van der Waals surface area contributed by atoms with Crippen molar-refractivity contribution in [2.24, 2.45) is 5.92 Å². The summed E-state index contributed by atoms with van der Waals surface area (Å²) in [5, 5.41) is 1.89. The molecule has 1 saturated heterocycles. The Morgan fingerprint density at radius 3 is 3.09 bits per heavy atom. The van der Waals surface area contributed by atoms with Gasteiger partial charge in [0.15, 0.2) is 5.76 Å². The zero-order chi connectivity index (χ0) is 15.8. The predicted molar refractivity (Wildman–Crippen MR) is 89.9 cm³/mol. The van der Waals surface area contributed by atoms with Crippen molar-refractivity contribution in [3.05, 3.63) is 35.0 Å². The lowest BCUT2D eigenvalue weighted by molar-refractivity contribution is 0.0749. The van der Waals surface area contributed by atoms with Crippen molar-refractivity contribution in [3.63, 3.8) is 0 Å². The van der Waals surface area contributed by atoms with Gasteiger partial charge in [0.25, 0.3) is 11.9 Å². The number of hydrogen-bond acceptors (Lipinski definition) is 5. The second-order valence-corrected chi connectivity index (χ2v) is 7.03. The van der Waals surface area contributed by atoms with Gasteiger partial charge in [-0.2, -0.15) is 0 Å². The molecule has 1 aliphatic carbocycles. The number of nitrogen functional groups attached to an aromatic ring is 1. The Morgan fingerprint density at radius 2 is 2.26 bits per heavy atom. The lowest BCUT2D eigenvalue weighted by Gasteiger charge is -2.37. The first-order valence-electron chi connectivity index (χ1n) is 8.04. The van der Waals surface area contributed by atoms with Crippen molar-refractivity contribution in [1.82, 2.24) is 9.88 Å². The highest BCUT2D eigenvalue weighted by Gasteiger charge is 2.31. The minimum atomic E-state index is 0.0952. The van der Waals surface area contributed by atoms with Crippen LogP contribution in [0.25, 0.3) is 10.6 Å². The summed E-state index contributed by atoms with van der Waals surface area (Å²) in [6.07, 6.45) is 9.69. The van der Waals surface area contributed by atoms with Gasteiger partial charge in [0.2, 0.25) is 0 Å². The Bertz CT molecular complexity index is 761. The molecular weight excluding hydrogens is 310 g/mol. The quantitative estimate of drug-likeness (QED) is 0.907. The van der Waals surface area contributed by atoms with Crippen LogP contribution in [0.15, 0.2) is 33.8 Å². The molecule has 0 bridgehead atoms. The smallest absolute Gasteiger partial charge is 0.292 e. The summed E-state index contributed by atoms with van der Waals surface area (Å²) in [6, 6.07) is 2.02. The molecule has 6 heteroatoms. The van der Waals surface area contributed by atoms with Crippen molar-refractivity contribution in [2.45, 2.75) is 32.1 Å². The van der Waals surface area contributed by atoms with E-state index >= 15 is 0 Å². The Labute approximate surface area is 138 Å². The number of carbonyl (C=O) groups excluding carboxylic acids is 1. The first-order chi connectivity index (χ1) is 11.2. The highest BCUT2D eigenvalue weighted by Crippen LogP contribution is 2.36. The third kappa shape index (κ3) is 2.67. The lowest BCUT2D eigenvalue weighted by Crippen LogP contribution is -2.38. The van der Waals surface area contributed by atoms with E-state index in [0.717, 1.165) is 24.3 Å². The summed E-state index contributed by atoms with van der Waals surface area (Å²) in [7, 11) is 0. The summed E-state index contributed by atoms with van der Waals surface area (Å²) in [4.78, 5) is 19.7. The van der Waals surface area contributed by atoms with Crippen LogP contribution in [-0.2, 0) is 0 Å². The Kier molecular flexibility index (Phi) is 3.69. The predicted octanol–water partition coefficient (Wildman–Crippen LogP) is 3.91. The van der Waals surface area contributed by atoms with Crippen LogP contribution < -0.4 is 5.73 Å². The number of aromatic nitrogens is 1. The molecule has 0 aromatic carbocycles. The number of oxazole rings is 1. The number of carbonyl (C=O) groups is 1. The number of hydrogen-bond donors (Lipinski definition) is 1. The van der Waals surface area contributed by atoms with Crippen molar-refractivity contribution in [1.29, 1.82) is 0 Å². The third-order valence-electron chi connectivity index (χ3n) is 4.63. The lowest BCUT2D eigenvalue weighted by atomic mass is 9.84. The average Bonchev–Trinajstić information content (AvgIpc) is 3.22. The molecule has 1 atom stereocenters. The zero-order valence-corrected chi connectivity index (χ0v) is 13.6. The number of nitrogens with two attached hydrogens (primary N) is 1. The van der Waals surface area contributed by atoms with E-state index in [9.17, 15) is 4.79 Å². The fourth-order valence-corrected chi connectivity index (χ4v) is 4.36. The number of thiophene rings is 1. The van der Waals surface area contributed by atoms with Gasteiger partial charge in [-0.1, -0.05) is 6.08 Å². The molecule has 0 spiro atoms. The number of nitrogens with zero attached hydrogens (tertiary/aromatic N) is 2. The van der Waals surface area contributed by atoms with E-state index in [-0.39, 0.29) is 11.9 Å². The molecule has 1 aliphatic heterocycles. The van der Waals surface area contributed by atoms with Gasteiger partial charge >= 0.3 is 0 Å². The standard InChI is InChI=1S/C17H19N3O2S/c18-17-19-9-14(22-17)15-8-12(10-23-15)16(21)20-7-3-5-11-4-1-2-6-13(11)20/h6,8-11H,1-5,7H2,(H2,18,19). The van der Waals surface area contributed by atoms with Gasteiger partial charge in [0.05, 0.1) is 16.6 Å². The summed E-state index contributed by atoms with van der Waals surface area (Å²) >= 11 is 1.48. The van der Waals surface area contributed by atoms with E-state index in [2.05, 4.69) is 11.1 Å². The topological polar surface area (TPSA) is 72.4 Å². The van der Waals surface area contributed by atoms with Crippen LogP contribution >= 0.6 is 11.3 Å². The van der Waals surface area contributed by atoms with E-state index in [1.807, 2.05) is 16.3 Å². The Balaban J connectivity index is 1.59. The highest BCUT2D eigenvalue weighted by atomic mass is 32.1. The monoisotopic (exact) mass is 329 g/mol. The normalized spacial score (nSPS) is 21.0. The number of rotatable bonds is 2. The van der Waals surface area contributed by atoms with Crippen LogP contribution in [-0.4, -0.2) is 22.3 Å². The second-order valence-electron chi connectivity index (χ2n) is 6.12. The molecule has 0 saturated carbocycles. The van der Waals surface area contributed by atoms with E-state index in [0.29, 0.717) is 17.2 Å². The number of amides is 1. The molecule has 1 amide bonds. The second kappa shape index (κ2) is 5.85. The zero-order valence-electron chi connectivity index (χ0n) is 12.8. The number of likely N-dealkylation sites (tertiary alicyclic amines) is 1. The van der Waals surface area contributed by atoms with E-state index in [1.54, 1.807) is 6.20 Å². The van der Waals surface area contributed by atoms with Crippen LogP contribution in [0.4, 0.5) is 6.01 Å². The fourth-order valence-electron chi connectivity index (χ4n) is 3.53. The summed E-state index contributed by atoms with van der Waals surface area (Å²) in [6.45, 7) is 0.821. The molecule has 1 unspecified atom stereocenters. The van der Waals surface area contributed by atoms with Crippen LogP contribution in [0.3, 0.4) is 0 Å². The van der Waals surface area contributed by atoms with Crippen LogP contribution in [0.5, 0.6) is 0 Å². The number of anilines is 1. The first kappa shape index (κ1) is 14.5. The van der Waals surface area contributed by atoms with Crippen molar-refractivity contribution in [2.75, 3.05) is 12.3 Å². The van der Waals surface area contributed by atoms with Crippen LogP contribution in [0, 0.1) is 5.92 Å². The highest BCUT2D eigenvalue weighted by molar-refractivity contribution is 7.13. The minimum absolute atomic E-state index is 0.0952. The molecule has 1 fully saturated rings. The van der Waals surface area contributed by atoms with Crippen molar-refractivity contribution >= 4 is 23.3 Å². The maximum Gasteiger partial charge on any atom is 0.292 e. The minimum Gasteiger partial charge on any atom is -0.423 e. The molecule has 2 N–H and O–H groups in total. The van der Waals surface area contributed by atoms with E-state index < -0.39 is 0 Å².